The van der Waals surface area contributed by atoms with Crippen molar-refractivity contribution >= 4 is 0 Å². The Balaban J connectivity index is 1.93. The van der Waals surface area contributed by atoms with Crippen LogP contribution in [0.1, 0.15) is 31.9 Å². The minimum Gasteiger partial charge on any atom is -0.308 e. The molecule has 2 nitrogen and oxygen atoms in total. The first-order valence-electron chi connectivity index (χ1n) is 8.09. The van der Waals surface area contributed by atoms with Crippen molar-refractivity contribution in [3.63, 3.8) is 0 Å². The molecule has 0 spiro atoms. The largest absolute Gasteiger partial charge is 0.308 e. The molecule has 2 heteroatoms. The van der Waals surface area contributed by atoms with Gasteiger partial charge in [-0.3, -0.25) is 4.90 Å². The molecular weight excluding hydrogens is 268 g/mol. The van der Waals surface area contributed by atoms with Gasteiger partial charge in [0.05, 0.1) is 5.54 Å². The number of nitrogens with zero attached hydrogens (tertiary/aromatic N) is 1. The molecule has 1 unspecified atom stereocenters. The summed E-state index contributed by atoms with van der Waals surface area (Å²) in [6.45, 7) is 9.92. The summed E-state index contributed by atoms with van der Waals surface area (Å²) in [6.07, 6.45) is 0. The molecule has 0 bridgehead atoms. The SMILES string of the molecule is CC1(C)CN(Cc2ccccc2)C(C)(c2ccccc2)CN1. The van der Waals surface area contributed by atoms with Crippen LogP contribution in [-0.2, 0) is 12.1 Å². The molecule has 0 aliphatic carbocycles. The van der Waals surface area contributed by atoms with Gasteiger partial charge in [-0.25, -0.2) is 0 Å². The first-order chi connectivity index (χ1) is 10.5. The second-order valence-electron chi connectivity index (χ2n) is 7.22. The average Bonchev–Trinajstić information content (AvgIpc) is 2.53. The zero-order valence-electron chi connectivity index (χ0n) is 13.8. The summed E-state index contributed by atoms with van der Waals surface area (Å²) in [5.41, 5.74) is 2.92. The first-order valence-corrected chi connectivity index (χ1v) is 8.09. The second-order valence-corrected chi connectivity index (χ2v) is 7.22. The van der Waals surface area contributed by atoms with Gasteiger partial charge in [0.25, 0.3) is 0 Å². The van der Waals surface area contributed by atoms with E-state index in [-0.39, 0.29) is 11.1 Å². The molecule has 0 amide bonds. The molecule has 1 aliphatic heterocycles. The Kier molecular flexibility index (Phi) is 4.07. The minimum absolute atomic E-state index is 0.0205. The van der Waals surface area contributed by atoms with E-state index in [1.54, 1.807) is 0 Å². The Morgan fingerprint density at radius 2 is 1.50 bits per heavy atom. The van der Waals surface area contributed by atoms with Gasteiger partial charge in [-0.15, -0.1) is 0 Å². The van der Waals surface area contributed by atoms with E-state index in [1.807, 2.05) is 0 Å². The van der Waals surface area contributed by atoms with Crippen LogP contribution in [0.3, 0.4) is 0 Å². The Hall–Kier alpha value is -1.64. The number of rotatable bonds is 3. The predicted octanol–water partition coefficient (Wildman–Crippen LogP) is 3.79. The third-order valence-corrected chi connectivity index (χ3v) is 4.81. The number of hydrogen-bond acceptors (Lipinski definition) is 2. The highest BCUT2D eigenvalue weighted by molar-refractivity contribution is 5.27. The number of nitrogens with one attached hydrogen (secondary N) is 1. The Labute approximate surface area is 134 Å². The molecule has 1 atom stereocenters. The second kappa shape index (κ2) is 5.86. The zero-order chi connectivity index (χ0) is 15.6. The summed E-state index contributed by atoms with van der Waals surface area (Å²) < 4.78 is 0. The molecule has 1 N–H and O–H groups in total. The lowest BCUT2D eigenvalue weighted by Gasteiger charge is -2.51. The molecule has 1 aliphatic rings. The monoisotopic (exact) mass is 294 g/mol. The van der Waals surface area contributed by atoms with Gasteiger partial charge in [-0.05, 0) is 31.9 Å². The van der Waals surface area contributed by atoms with Gasteiger partial charge in [-0.1, -0.05) is 60.7 Å². The molecule has 3 rings (SSSR count). The van der Waals surface area contributed by atoms with Crippen molar-refractivity contribution in [1.82, 2.24) is 10.2 Å². The molecule has 22 heavy (non-hydrogen) atoms. The van der Waals surface area contributed by atoms with Crippen LogP contribution in [-0.4, -0.2) is 23.5 Å². The maximum absolute atomic E-state index is 3.72. The maximum Gasteiger partial charge on any atom is 0.0561 e. The van der Waals surface area contributed by atoms with Crippen molar-refractivity contribution in [3.05, 3.63) is 71.8 Å². The normalized spacial score (nSPS) is 25.0. The van der Waals surface area contributed by atoms with Gasteiger partial charge >= 0.3 is 0 Å². The summed E-state index contributed by atoms with van der Waals surface area (Å²) in [7, 11) is 0. The van der Waals surface area contributed by atoms with Crippen molar-refractivity contribution in [1.29, 1.82) is 0 Å². The van der Waals surface area contributed by atoms with Crippen LogP contribution in [0.15, 0.2) is 60.7 Å². The summed E-state index contributed by atoms with van der Waals surface area (Å²) in [5, 5.41) is 3.72. The molecule has 1 saturated heterocycles. The number of piperazine rings is 1. The fourth-order valence-electron chi connectivity index (χ4n) is 3.35. The number of benzene rings is 2. The van der Waals surface area contributed by atoms with Gasteiger partial charge in [-0.2, -0.15) is 0 Å². The van der Waals surface area contributed by atoms with Crippen LogP contribution in [0.2, 0.25) is 0 Å². The van der Waals surface area contributed by atoms with E-state index < -0.39 is 0 Å². The molecule has 1 fully saturated rings. The fraction of sp³-hybridized carbons (Fsp3) is 0.400. The van der Waals surface area contributed by atoms with Crippen molar-refractivity contribution in [2.75, 3.05) is 13.1 Å². The highest BCUT2D eigenvalue weighted by atomic mass is 15.3. The van der Waals surface area contributed by atoms with Crippen LogP contribution < -0.4 is 5.32 Å². The Bertz CT molecular complexity index is 606. The fourth-order valence-corrected chi connectivity index (χ4v) is 3.35. The van der Waals surface area contributed by atoms with Crippen molar-refractivity contribution < 1.29 is 0 Å². The van der Waals surface area contributed by atoms with E-state index in [0.29, 0.717) is 0 Å². The molecule has 116 valence electrons. The van der Waals surface area contributed by atoms with Gasteiger partial charge in [0.2, 0.25) is 0 Å². The quantitative estimate of drug-likeness (QED) is 0.926. The highest BCUT2D eigenvalue weighted by Crippen LogP contribution is 2.34. The van der Waals surface area contributed by atoms with E-state index >= 15 is 0 Å². The minimum atomic E-state index is 0.0205. The van der Waals surface area contributed by atoms with Crippen LogP contribution in [0.4, 0.5) is 0 Å². The molecular formula is C20H26N2. The van der Waals surface area contributed by atoms with Crippen LogP contribution in [0.5, 0.6) is 0 Å². The molecule has 0 aromatic heterocycles. The first kappa shape index (κ1) is 15.3. The third-order valence-electron chi connectivity index (χ3n) is 4.81. The van der Waals surface area contributed by atoms with Crippen LogP contribution >= 0.6 is 0 Å². The summed E-state index contributed by atoms with van der Waals surface area (Å²) in [6, 6.07) is 21.7. The standard InChI is InChI=1S/C20H26N2/c1-19(2)16-22(14-17-10-6-4-7-11-17)20(3,15-21-19)18-12-8-5-9-13-18/h4-13,21H,14-16H2,1-3H3. The van der Waals surface area contributed by atoms with Crippen LogP contribution in [0, 0.1) is 0 Å². The summed E-state index contributed by atoms with van der Waals surface area (Å²) >= 11 is 0. The Morgan fingerprint density at radius 1 is 0.909 bits per heavy atom. The lowest BCUT2D eigenvalue weighted by atomic mass is 9.84. The van der Waals surface area contributed by atoms with Gasteiger partial charge in [0, 0.05) is 25.2 Å². The highest BCUT2D eigenvalue weighted by Gasteiger charge is 2.41. The smallest absolute Gasteiger partial charge is 0.0561 e. The summed E-state index contributed by atoms with van der Waals surface area (Å²) in [4.78, 5) is 2.62. The van der Waals surface area contributed by atoms with E-state index in [4.69, 9.17) is 0 Å². The summed E-state index contributed by atoms with van der Waals surface area (Å²) in [5.74, 6) is 0. The van der Waals surface area contributed by atoms with Crippen molar-refractivity contribution in [3.8, 4) is 0 Å². The van der Waals surface area contributed by atoms with Crippen molar-refractivity contribution in [2.45, 2.75) is 38.4 Å². The molecule has 1 heterocycles. The van der Waals surface area contributed by atoms with E-state index in [9.17, 15) is 0 Å². The number of hydrogen-bond donors (Lipinski definition) is 1. The topological polar surface area (TPSA) is 15.3 Å². The molecule has 2 aromatic carbocycles. The third kappa shape index (κ3) is 3.08. The maximum atomic E-state index is 3.72. The lowest BCUT2D eigenvalue weighted by molar-refractivity contribution is 0.0172. The van der Waals surface area contributed by atoms with Gasteiger partial charge < -0.3 is 5.32 Å². The Morgan fingerprint density at radius 3 is 2.14 bits per heavy atom. The lowest BCUT2D eigenvalue weighted by Crippen LogP contribution is -2.65. The average molecular weight is 294 g/mol. The molecule has 0 radical (unpaired) electrons. The van der Waals surface area contributed by atoms with Gasteiger partial charge in [0.1, 0.15) is 0 Å². The van der Waals surface area contributed by atoms with Crippen LogP contribution in [0.25, 0.3) is 0 Å². The predicted molar refractivity (Wildman–Crippen MR) is 92.7 cm³/mol. The van der Waals surface area contributed by atoms with Crippen molar-refractivity contribution in [2.24, 2.45) is 0 Å². The zero-order valence-corrected chi connectivity index (χ0v) is 13.8. The van der Waals surface area contributed by atoms with E-state index in [0.717, 1.165) is 19.6 Å². The molecule has 2 aromatic rings. The van der Waals surface area contributed by atoms with E-state index in [1.165, 1.54) is 11.1 Å². The van der Waals surface area contributed by atoms with E-state index in [2.05, 4.69) is 91.7 Å². The van der Waals surface area contributed by atoms with Gasteiger partial charge in [0.15, 0.2) is 0 Å². The molecule has 0 saturated carbocycles.